The normalized spacial score (nSPS) is 46.7. The first kappa shape index (κ1) is 37.3. The molecule has 3 aliphatic heterocycles. The van der Waals surface area contributed by atoms with Crippen molar-refractivity contribution in [3.05, 3.63) is 23.0 Å². The van der Waals surface area contributed by atoms with Gasteiger partial charge in [-0.05, 0) is 44.1 Å². The number of fused-ring (bicyclic) bond motifs is 2. The van der Waals surface area contributed by atoms with Crippen molar-refractivity contribution in [2.24, 2.45) is 28.6 Å². The predicted octanol–water partition coefficient (Wildman–Crippen LogP) is -2.70. The topological polar surface area (TPSA) is 276 Å². The van der Waals surface area contributed by atoms with E-state index in [1.165, 1.54) is 6.08 Å². The van der Waals surface area contributed by atoms with Crippen LogP contribution >= 0.6 is 0 Å². The van der Waals surface area contributed by atoms with Gasteiger partial charge in [0.05, 0.1) is 32.3 Å². The van der Waals surface area contributed by atoms with Gasteiger partial charge in [0.25, 0.3) is 0 Å². The first-order valence-electron chi connectivity index (χ1n) is 15.9. The number of allylic oxidation sites excluding steroid dienone is 3. The van der Waals surface area contributed by atoms with Crippen LogP contribution < -0.4 is 0 Å². The van der Waals surface area contributed by atoms with E-state index in [-0.39, 0.29) is 25.2 Å². The highest BCUT2D eigenvalue weighted by molar-refractivity contribution is 5.95. The van der Waals surface area contributed by atoms with E-state index < -0.39 is 120 Å². The molecule has 17 nitrogen and oxygen atoms in total. The predicted molar refractivity (Wildman–Crippen MR) is 158 cm³/mol. The second-order valence-electron chi connectivity index (χ2n) is 14.2. The summed E-state index contributed by atoms with van der Waals surface area (Å²) in [5.41, 5.74) is -3.50. The van der Waals surface area contributed by atoms with E-state index in [1.807, 2.05) is 0 Å². The lowest BCUT2D eigenvalue weighted by atomic mass is 9.38. The minimum atomic E-state index is -2.22. The molecule has 274 valence electrons. The highest BCUT2D eigenvalue weighted by Crippen LogP contribution is 2.72. The molecule has 0 amide bonds. The summed E-state index contributed by atoms with van der Waals surface area (Å²) in [7, 11) is 1.09. The van der Waals surface area contributed by atoms with Gasteiger partial charge < -0.3 is 64.5 Å². The molecule has 3 saturated heterocycles. The summed E-state index contributed by atoms with van der Waals surface area (Å²) in [5.74, 6) is -6.30. The van der Waals surface area contributed by atoms with Crippen molar-refractivity contribution in [1.82, 2.24) is 0 Å². The van der Waals surface area contributed by atoms with Gasteiger partial charge in [0.15, 0.2) is 17.8 Å². The molecule has 0 aromatic heterocycles. The number of aliphatic hydroxyl groups excluding tert-OH is 8. The number of carbonyl (C=O) groups excluding carboxylic acids is 4. The first-order chi connectivity index (χ1) is 22.8. The number of carbonyl (C=O) groups is 4. The van der Waals surface area contributed by atoms with E-state index in [9.17, 15) is 34.5 Å². The maximum atomic E-state index is 13.4. The fourth-order valence-corrected chi connectivity index (χ4v) is 9.33. The Labute approximate surface area is 280 Å². The zero-order chi connectivity index (χ0) is 36.5. The van der Waals surface area contributed by atoms with Crippen molar-refractivity contribution in [2.75, 3.05) is 20.3 Å². The van der Waals surface area contributed by atoms with Crippen LogP contribution in [0.4, 0.5) is 0 Å². The monoisotopic (exact) mass is 700 g/mol. The van der Waals surface area contributed by atoms with E-state index in [0.717, 1.165) is 7.11 Å². The Bertz CT molecular complexity index is 1430. The molecule has 49 heavy (non-hydrogen) atoms. The number of rotatable bonds is 4. The van der Waals surface area contributed by atoms with Gasteiger partial charge in [0.1, 0.15) is 36.6 Å². The number of methoxy groups -OCH3 is 1. The number of esters is 3. The maximum absolute atomic E-state index is 13.4. The Kier molecular flexibility index (Phi) is 9.85. The van der Waals surface area contributed by atoms with Crippen molar-refractivity contribution < 1.29 is 83.7 Å². The molecule has 1 spiro atoms. The van der Waals surface area contributed by atoms with E-state index in [4.69, 9.17) is 44.5 Å². The summed E-state index contributed by atoms with van der Waals surface area (Å²) in [6, 6.07) is 0. The molecule has 6 rings (SSSR count). The Morgan fingerprint density at radius 1 is 1.00 bits per heavy atom. The van der Waals surface area contributed by atoms with E-state index >= 15 is 0 Å². The summed E-state index contributed by atoms with van der Waals surface area (Å²) < 4.78 is 27.0. The quantitative estimate of drug-likeness (QED) is 0.0841. The smallest absolute Gasteiger partial charge is 0.348 e. The molecular weight excluding hydrogens is 656 g/mol. The van der Waals surface area contributed by atoms with Gasteiger partial charge in [-0.25, -0.2) is 14.4 Å². The lowest BCUT2D eigenvalue weighted by Gasteiger charge is -2.67. The summed E-state index contributed by atoms with van der Waals surface area (Å²) in [6.45, 7) is 6.00. The Hall–Kier alpha value is -3.00. The van der Waals surface area contributed by atoms with Crippen LogP contribution in [-0.2, 0) is 42.9 Å². The summed E-state index contributed by atoms with van der Waals surface area (Å²) in [5, 5.41) is 78.2. The third kappa shape index (κ3) is 5.33. The van der Waals surface area contributed by atoms with Crippen molar-refractivity contribution in [1.29, 1.82) is 0 Å². The van der Waals surface area contributed by atoms with Gasteiger partial charge in [0, 0.05) is 23.8 Å². The summed E-state index contributed by atoms with van der Waals surface area (Å²) in [6.07, 6.45) is -11.8. The lowest BCUT2D eigenvalue weighted by Crippen LogP contribution is -2.79. The highest BCUT2D eigenvalue weighted by atomic mass is 16.6. The molecule has 15 atom stereocenters. The summed E-state index contributed by atoms with van der Waals surface area (Å²) in [4.78, 5) is 52.2. The third-order valence-electron chi connectivity index (χ3n) is 11.4. The molecule has 0 radical (unpaired) electrons. The number of ketones is 1. The van der Waals surface area contributed by atoms with Crippen LogP contribution in [0.3, 0.4) is 0 Å². The SMILES string of the molecule is COC(=O)C12OCC34C(CC5C(C)=C(O)C(=O)CC5(C)C3C(O)C1O)OC(=O)C(OC(=O)C=C(C)C)C24.OCC1OC(O)C(O)C(O)C1O. The van der Waals surface area contributed by atoms with Crippen molar-refractivity contribution in [2.45, 2.75) is 101 Å². The van der Waals surface area contributed by atoms with Gasteiger partial charge in [-0.15, -0.1) is 0 Å². The number of aliphatic hydroxyl groups is 8. The largest absolute Gasteiger partial charge is 0.504 e. The van der Waals surface area contributed by atoms with E-state index in [0.29, 0.717) is 11.1 Å². The van der Waals surface area contributed by atoms with Crippen LogP contribution in [0.15, 0.2) is 23.0 Å². The Morgan fingerprint density at radius 2 is 1.65 bits per heavy atom. The molecule has 17 heteroatoms. The molecular formula is C32H44O17. The van der Waals surface area contributed by atoms with Crippen molar-refractivity contribution >= 4 is 23.7 Å². The van der Waals surface area contributed by atoms with Crippen LogP contribution in [0.5, 0.6) is 0 Å². The zero-order valence-corrected chi connectivity index (χ0v) is 27.6. The Morgan fingerprint density at radius 3 is 2.24 bits per heavy atom. The third-order valence-corrected chi connectivity index (χ3v) is 11.4. The van der Waals surface area contributed by atoms with Crippen molar-refractivity contribution in [3.8, 4) is 0 Å². The van der Waals surface area contributed by atoms with E-state index in [1.54, 1.807) is 27.7 Å². The van der Waals surface area contributed by atoms with Gasteiger partial charge in [-0.3, -0.25) is 4.79 Å². The number of hydrogen-bond donors (Lipinski definition) is 8. The average Bonchev–Trinajstić information content (AvgIpc) is 3.35. The van der Waals surface area contributed by atoms with Crippen LogP contribution in [0.25, 0.3) is 0 Å². The minimum Gasteiger partial charge on any atom is -0.504 e. The molecule has 15 unspecified atom stereocenters. The summed E-state index contributed by atoms with van der Waals surface area (Å²) >= 11 is 0. The first-order valence-corrected chi connectivity index (χ1v) is 15.9. The van der Waals surface area contributed by atoms with Crippen LogP contribution in [0.2, 0.25) is 0 Å². The van der Waals surface area contributed by atoms with Gasteiger partial charge in [-0.1, -0.05) is 12.5 Å². The number of hydrogen-bond acceptors (Lipinski definition) is 17. The maximum Gasteiger partial charge on any atom is 0.348 e. The number of ether oxygens (including phenoxy) is 5. The molecule has 6 aliphatic rings. The van der Waals surface area contributed by atoms with Crippen LogP contribution in [0, 0.1) is 28.6 Å². The van der Waals surface area contributed by atoms with E-state index in [2.05, 4.69) is 4.74 Å². The number of Topliss-reactive ketones (excluding diaryl/α,β-unsaturated/α-hetero) is 1. The second-order valence-corrected chi connectivity index (χ2v) is 14.2. The molecule has 0 aromatic carbocycles. The average molecular weight is 701 g/mol. The lowest BCUT2D eigenvalue weighted by molar-refractivity contribution is -0.290. The highest BCUT2D eigenvalue weighted by Gasteiger charge is 2.85. The molecule has 3 heterocycles. The molecule has 8 N–H and O–H groups in total. The van der Waals surface area contributed by atoms with Gasteiger partial charge >= 0.3 is 17.9 Å². The Balaban J connectivity index is 0.000000330. The molecule has 3 aliphatic carbocycles. The molecule has 0 aromatic rings. The fourth-order valence-electron chi connectivity index (χ4n) is 9.33. The second kappa shape index (κ2) is 13.0. The fraction of sp³-hybridized carbons (Fsp3) is 0.750. The molecule has 5 fully saturated rings. The van der Waals surface area contributed by atoms with Crippen molar-refractivity contribution in [3.63, 3.8) is 0 Å². The zero-order valence-electron chi connectivity index (χ0n) is 27.6. The van der Waals surface area contributed by atoms with Gasteiger partial charge in [-0.2, -0.15) is 0 Å². The van der Waals surface area contributed by atoms with Crippen LogP contribution in [0.1, 0.15) is 40.5 Å². The molecule has 2 bridgehead atoms. The minimum absolute atomic E-state index is 0.141. The standard InChI is InChI=1S/C26H32O11.C6H12O6/c1-10(2)6-15(28)37-18-20-25-9-35-26(20,23(33)34-5)21(31)17(30)19(25)24(4)8-13(27)16(29)11(3)12(24)7-14(25)36-22(18)32;7-1-2-3(8)4(9)5(10)6(11)12-2/h6,12,14,17-21,29-31H,7-9H2,1-5H3;2-11H,1H2. The van der Waals surface area contributed by atoms with Gasteiger partial charge in [0.2, 0.25) is 11.7 Å². The molecule has 2 saturated carbocycles. The van der Waals surface area contributed by atoms with Crippen LogP contribution in [-0.4, -0.2) is 146 Å².